The predicted octanol–water partition coefficient (Wildman–Crippen LogP) is 1.01. The third-order valence-corrected chi connectivity index (χ3v) is 4.90. The minimum atomic E-state index is -2.86. The highest BCUT2D eigenvalue weighted by Gasteiger charge is 2.37. The molecule has 27 heavy (non-hydrogen) atoms. The third kappa shape index (κ3) is 5.75. The summed E-state index contributed by atoms with van der Waals surface area (Å²) in [6.45, 7) is -1.00. The number of alkyl halides is 2. The van der Waals surface area contributed by atoms with Crippen molar-refractivity contribution in [1.29, 1.82) is 0 Å². The first kappa shape index (κ1) is 19.8. The topological polar surface area (TPSA) is 91.9 Å². The standard InChI is InChI=1S/C18H25F2N3O4/c19-17(20)26-13-3-1-11(2-4-13)9-14-16(15(24)10-23-14)27-18(25)22-8-6-12-5-7-21-12/h1-4,12,14-17,21,23-24H,5-10H2,(H,22,25)/t12-,14+,15-,16-/m0/s1. The van der Waals surface area contributed by atoms with E-state index < -0.39 is 24.9 Å². The van der Waals surface area contributed by atoms with Gasteiger partial charge in [-0.1, -0.05) is 12.1 Å². The second kappa shape index (κ2) is 9.29. The lowest BCUT2D eigenvalue weighted by Crippen LogP contribution is -2.45. The van der Waals surface area contributed by atoms with Crippen LogP contribution < -0.4 is 20.7 Å². The van der Waals surface area contributed by atoms with Crippen molar-refractivity contribution in [3.63, 3.8) is 0 Å². The fourth-order valence-corrected chi connectivity index (χ4v) is 3.29. The van der Waals surface area contributed by atoms with Gasteiger partial charge < -0.3 is 30.5 Å². The molecule has 0 spiro atoms. The van der Waals surface area contributed by atoms with Gasteiger partial charge in [0.2, 0.25) is 0 Å². The number of hydrogen-bond donors (Lipinski definition) is 4. The number of aliphatic hydroxyl groups is 1. The third-order valence-electron chi connectivity index (χ3n) is 4.90. The largest absolute Gasteiger partial charge is 0.442 e. The van der Waals surface area contributed by atoms with Crippen molar-refractivity contribution in [2.24, 2.45) is 0 Å². The van der Waals surface area contributed by atoms with E-state index in [-0.39, 0.29) is 11.8 Å². The number of hydrogen-bond acceptors (Lipinski definition) is 6. The molecular weight excluding hydrogens is 360 g/mol. The van der Waals surface area contributed by atoms with Crippen LogP contribution in [-0.2, 0) is 11.2 Å². The smallest absolute Gasteiger partial charge is 0.407 e. The number of benzene rings is 1. The molecule has 0 aliphatic carbocycles. The number of ether oxygens (including phenoxy) is 2. The van der Waals surface area contributed by atoms with Gasteiger partial charge in [-0.2, -0.15) is 8.78 Å². The molecule has 0 saturated carbocycles. The zero-order valence-corrected chi connectivity index (χ0v) is 14.9. The molecular formula is C18H25F2N3O4. The lowest BCUT2D eigenvalue weighted by Gasteiger charge is -2.27. The maximum atomic E-state index is 12.2. The van der Waals surface area contributed by atoms with E-state index in [9.17, 15) is 18.7 Å². The lowest BCUT2D eigenvalue weighted by atomic mass is 10.0. The first-order valence-electron chi connectivity index (χ1n) is 9.14. The van der Waals surface area contributed by atoms with Crippen molar-refractivity contribution in [3.8, 4) is 5.75 Å². The van der Waals surface area contributed by atoms with Crippen LogP contribution in [0.15, 0.2) is 24.3 Å². The number of halogens is 2. The Morgan fingerprint density at radius 2 is 2.04 bits per heavy atom. The Kier molecular flexibility index (Phi) is 6.81. The molecule has 4 atom stereocenters. The fraction of sp³-hybridized carbons (Fsp3) is 0.611. The van der Waals surface area contributed by atoms with E-state index in [4.69, 9.17) is 4.74 Å². The molecule has 0 bridgehead atoms. The second-order valence-corrected chi connectivity index (χ2v) is 6.83. The zero-order valence-electron chi connectivity index (χ0n) is 14.9. The average Bonchev–Trinajstić information content (AvgIpc) is 2.91. The van der Waals surface area contributed by atoms with Crippen molar-refractivity contribution in [2.45, 2.75) is 50.2 Å². The molecule has 2 aliphatic heterocycles. The molecule has 2 heterocycles. The lowest BCUT2D eigenvalue weighted by molar-refractivity contribution is -0.0498. The van der Waals surface area contributed by atoms with Crippen LogP contribution in [0.4, 0.5) is 13.6 Å². The van der Waals surface area contributed by atoms with E-state index in [1.54, 1.807) is 12.1 Å². The molecule has 9 heteroatoms. The van der Waals surface area contributed by atoms with E-state index in [0.29, 0.717) is 25.6 Å². The molecule has 0 unspecified atom stereocenters. The van der Waals surface area contributed by atoms with Crippen LogP contribution in [0.3, 0.4) is 0 Å². The number of aliphatic hydroxyl groups excluding tert-OH is 1. The highest BCUT2D eigenvalue weighted by molar-refractivity contribution is 5.67. The Balaban J connectivity index is 1.47. The minimum absolute atomic E-state index is 0.0845. The molecule has 4 N–H and O–H groups in total. The molecule has 7 nitrogen and oxygen atoms in total. The molecule has 0 radical (unpaired) electrons. The number of carbonyl (C=O) groups excluding carboxylic acids is 1. The Hall–Kier alpha value is -1.97. The van der Waals surface area contributed by atoms with Gasteiger partial charge in [-0.15, -0.1) is 0 Å². The predicted molar refractivity (Wildman–Crippen MR) is 93.9 cm³/mol. The molecule has 3 rings (SSSR count). The Morgan fingerprint density at radius 1 is 1.30 bits per heavy atom. The Morgan fingerprint density at radius 3 is 2.67 bits per heavy atom. The summed E-state index contributed by atoms with van der Waals surface area (Å²) in [5.74, 6) is 0.0845. The Bertz CT molecular complexity index is 613. The van der Waals surface area contributed by atoms with Gasteiger partial charge in [0.1, 0.15) is 18.0 Å². The molecule has 1 aromatic rings. The number of carbonyl (C=O) groups is 1. The van der Waals surface area contributed by atoms with E-state index in [0.717, 1.165) is 24.9 Å². The first-order chi connectivity index (χ1) is 13.0. The van der Waals surface area contributed by atoms with E-state index in [1.807, 2.05) is 0 Å². The van der Waals surface area contributed by atoms with Gasteiger partial charge in [-0.3, -0.25) is 0 Å². The van der Waals surface area contributed by atoms with Gasteiger partial charge in [0.25, 0.3) is 0 Å². The Labute approximate surface area is 156 Å². The molecule has 150 valence electrons. The summed E-state index contributed by atoms with van der Waals surface area (Å²) in [5, 5.41) is 19.2. The van der Waals surface area contributed by atoms with Crippen LogP contribution in [0.25, 0.3) is 0 Å². The highest BCUT2D eigenvalue weighted by Crippen LogP contribution is 2.20. The van der Waals surface area contributed by atoms with E-state index >= 15 is 0 Å². The molecule has 2 saturated heterocycles. The van der Waals surface area contributed by atoms with Crippen LogP contribution in [0.5, 0.6) is 5.75 Å². The summed E-state index contributed by atoms with van der Waals surface area (Å²) in [6, 6.07) is 6.46. The molecule has 1 aromatic carbocycles. The van der Waals surface area contributed by atoms with Crippen LogP contribution in [0.1, 0.15) is 18.4 Å². The van der Waals surface area contributed by atoms with Crippen LogP contribution in [-0.4, -0.2) is 61.7 Å². The molecule has 2 fully saturated rings. The van der Waals surface area contributed by atoms with Gasteiger partial charge in [0.15, 0.2) is 0 Å². The average molecular weight is 385 g/mol. The van der Waals surface area contributed by atoms with Crippen molar-refractivity contribution in [1.82, 2.24) is 16.0 Å². The second-order valence-electron chi connectivity index (χ2n) is 6.83. The summed E-state index contributed by atoms with van der Waals surface area (Å²) >= 11 is 0. The van der Waals surface area contributed by atoms with Crippen molar-refractivity contribution in [2.75, 3.05) is 19.6 Å². The summed E-state index contributed by atoms with van der Waals surface area (Å²) in [6.07, 6.45) is 0.421. The van der Waals surface area contributed by atoms with Crippen molar-refractivity contribution >= 4 is 6.09 Å². The summed E-state index contributed by atoms with van der Waals surface area (Å²) in [5.41, 5.74) is 0.855. The fourth-order valence-electron chi connectivity index (χ4n) is 3.29. The summed E-state index contributed by atoms with van der Waals surface area (Å²) < 4.78 is 34.1. The molecule has 0 aromatic heterocycles. The van der Waals surface area contributed by atoms with Gasteiger partial charge in [0, 0.05) is 19.1 Å². The van der Waals surface area contributed by atoms with Gasteiger partial charge in [-0.05, 0) is 43.5 Å². The minimum Gasteiger partial charge on any atom is -0.442 e. The summed E-state index contributed by atoms with van der Waals surface area (Å²) in [7, 11) is 0. The number of amides is 1. The maximum Gasteiger partial charge on any atom is 0.407 e. The quantitative estimate of drug-likeness (QED) is 0.534. The van der Waals surface area contributed by atoms with Gasteiger partial charge >= 0.3 is 12.7 Å². The SMILES string of the molecule is O=C(NCC[C@@H]1CCN1)O[C@@H]1[C@@H](O)CN[C@@H]1Cc1ccc(OC(F)F)cc1. The summed E-state index contributed by atoms with van der Waals surface area (Å²) in [4.78, 5) is 12.0. The van der Waals surface area contributed by atoms with E-state index in [1.165, 1.54) is 12.1 Å². The highest BCUT2D eigenvalue weighted by atomic mass is 19.3. The zero-order chi connectivity index (χ0) is 19.2. The van der Waals surface area contributed by atoms with Crippen molar-refractivity contribution in [3.05, 3.63) is 29.8 Å². The molecule has 1 amide bonds. The van der Waals surface area contributed by atoms with Gasteiger partial charge in [0.05, 0.1) is 6.04 Å². The normalized spacial score (nSPS) is 27.3. The van der Waals surface area contributed by atoms with Crippen LogP contribution >= 0.6 is 0 Å². The maximum absolute atomic E-state index is 12.2. The van der Waals surface area contributed by atoms with Crippen LogP contribution in [0, 0.1) is 0 Å². The number of β-amino-alcohol motifs (C(OH)–C–C–N with tert-alkyl or cyclic N) is 1. The number of nitrogens with one attached hydrogen (secondary N) is 3. The van der Waals surface area contributed by atoms with Gasteiger partial charge in [-0.25, -0.2) is 4.79 Å². The monoisotopic (exact) mass is 385 g/mol. The number of alkyl carbamates (subject to hydrolysis) is 1. The molecule has 2 aliphatic rings. The van der Waals surface area contributed by atoms with Crippen LogP contribution in [0.2, 0.25) is 0 Å². The first-order valence-corrected chi connectivity index (χ1v) is 9.14. The van der Waals surface area contributed by atoms with E-state index in [2.05, 4.69) is 20.7 Å². The van der Waals surface area contributed by atoms with Crippen molar-refractivity contribution < 1.29 is 28.2 Å². The number of rotatable bonds is 8.